The molecule has 0 saturated carbocycles. The molecule has 0 aromatic heterocycles. The molecular formula is C13H14Zr. The standard InChI is InChI=1S/C13H14.Zr/c1-10-5-3-7-12(10)9-13-8-4-6-11(13)2;/h3-6H,7-8H2,1-2H3;. The molecular weight excluding hydrogens is 247 g/mol. The molecule has 0 nitrogen and oxygen atoms in total. The van der Waals surface area contributed by atoms with E-state index in [1.54, 1.807) is 38.6 Å². The van der Waals surface area contributed by atoms with Crippen LogP contribution in [-0.2, 0) is 24.2 Å². The number of hydrogen-bond acceptors (Lipinski definition) is 0. The van der Waals surface area contributed by atoms with Crippen LogP contribution in [0.3, 0.4) is 0 Å². The van der Waals surface area contributed by atoms with Gasteiger partial charge in [0.25, 0.3) is 0 Å². The van der Waals surface area contributed by atoms with Crippen molar-refractivity contribution in [2.45, 2.75) is 26.7 Å². The van der Waals surface area contributed by atoms with Crippen LogP contribution in [0.4, 0.5) is 0 Å². The zero-order valence-corrected chi connectivity index (χ0v) is 11.2. The SMILES string of the molecule is CC1=C([C](=[Zr])C2=C(C)C=CC2)CC=C1. The summed E-state index contributed by atoms with van der Waals surface area (Å²) in [6.45, 7) is 4.45. The van der Waals surface area contributed by atoms with E-state index in [4.69, 9.17) is 0 Å². The van der Waals surface area contributed by atoms with Gasteiger partial charge in [0, 0.05) is 0 Å². The molecule has 1 heteroatoms. The summed E-state index contributed by atoms with van der Waals surface area (Å²) in [6.07, 6.45) is 11.3. The second-order valence-corrected chi connectivity index (χ2v) is 5.14. The third-order valence-corrected chi connectivity index (χ3v) is 4.42. The average molecular weight is 261 g/mol. The Morgan fingerprint density at radius 2 is 1.43 bits per heavy atom. The van der Waals surface area contributed by atoms with Crippen molar-refractivity contribution in [1.29, 1.82) is 0 Å². The van der Waals surface area contributed by atoms with Crippen LogP contribution in [0.2, 0.25) is 0 Å². The van der Waals surface area contributed by atoms with Gasteiger partial charge in [0.05, 0.1) is 0 Å². The van der Waals surface area contributed by atoms with Crippen molar-refractivity contribution in [1.82, 2.24) is 0 Å². The van der Waals surface area contributed by atoms with Gasteiger partial charge in [-0.25, -0.2) is 0 Å². The predicted molar refractivity (Wildman–Crippen MR) is 57.9 cm³/mol. The van der Waals surface area contributed by atoms with Crippen molar-refractivity contribution in [3.8, 4) is 0 Å². The van der Waals surface area contributed by atoms with E-state index >= 15 is 0 Å². The topological polar surface area (TPSA) is 0 Å². The van der Waals surface area contributed by atoms with E-state index in [1.165, 1.54) is 11.1 Å². The molecule has 0 aliphatic heterocycles. The van der Waals surface area contributed by atoms with Crippen LogP contribution < -0.4 is 0 Å². The normalized spacial score (nSPS) is 20.1. The predicted octanol–water partition coefficient (Wildman–Crippen LogP) is 3.26. The first-order valence-corrected chi connectivity index (χ1v) is 6.25. The minimum atomic E-state index is 1.14. The summed E-state index contributed by atoms with van der Waals surface area (Å²) in [6, 6.07) is 0. The van der Waals surface area contributed by atoms with Crippen molar-refractivity contribution in [3.63, 3.8) is 0 Å². The monoisotopic (exact) mass is 260 g/mol. The molecule has 0 radical (unpaired) electrons. The first-order valence-electron chi connectivity index (χ1n) is 5.02. The van der Waals surface area contributed by atoms with Crippen LogP contribution in [0.25, 0.3) is 0 Å². The molecule has 2 aliphatic carbocycles. The van der Waals surface area contributed by atoms with Gasteiger partial charge in [0.15, 0.2) is 0 Å². The van der Waals surface area contributed by atoms with E-state index in [-0.39, 0.29) is 0 Å². The number of rotatable bonds is 2. The maximum absolute atomic E-state index is 2.27. The van der Waals surface area contributed by atoms with Gasteiger partial charge < -0.3 is 0 Å². The fraction of sp³-hybridized carbons (Fsp3) is 0.308. The zero-order chi connectivity index (χ0) is 10.1. The van der Waals surface area contributed by atoms with Crippen molar-refractivity contribution in [2.24, 2.45) is 0 Å². The molecule has 0 aromatic rings. The number of hydrogen-bond donors (Lipinski definition) is 0. The van der Waals surface area contributed by atoms with E-state index in [9.17, 15) is 0 Å². The third-order valence-electron chi connectivity index (χ3n) is 2.94. The molecule has 0 amide bonds. The summed E-state index contributed by atoms with van der Waals surface area (Å²) in [5.74, 6) is 0. The summed E-state index contributed by atoms with van der Waals surface area (Å²) in [4.78, 5) is 0. The average Bonchev–Trinajstić information content (AvgIpc) is 2.73. The van der Waals surface area contributed by atoms with Crippen molar-refractivity contribution in [3.05, 3.63) is 46.6 Å². The minimum absolute atomic E-state index is 1.14. The molecule has 2 aliphatic rings. The molecule has 14 heavy (non-hydrogen) atoms. The summed E-state index contributed by atoms with van der Waals surface area (Å²) < 4.78 is 1.59. The zero-order valence-electron chi connectivity index (χ0n) is 8.72. The molecule has 0 N–H and O–H groups in total. The summed E-state index contributed by atoms with van der Waals surface area (Å²) in [5, 5.41) is 0. The van der Waals surface area contributed by atoms with E-state index in [2.05, 4.69) is 38.2 Å². The van der Waals surface area contributed by atoms with Crippen molar-refractivity contribution >= 4 is 3.21 Å². The van der Waals surface area contributed by atoms with Gasteiger partial charge in [0.2, 0.25) is 0 Å². The molecule has 0 bridgehead atoms. The van der Waals surface area contributed by atoms with Crippen LogP contribution in [0.15, 0.2) is 46.6 Å². The van der Waals surface area contributed by atoms with Crippen molar-refractivity contribution in [2.75, 3.05) is 0 Å². The Balaban J connectivity index is 2.27. The van der Waals surface area contributed by atoms with Crippen LogP contribution >= 0.6 is 0 Å². The Morgan fingerprint density at radius 1 is 1.00 bits per heavy atom. The third kappa shape index (κ3) is 1.75. The Morgan fingerprint density at radius 3 is 1.71 bits per heavy atom. The summed E-state index contributed by atoms with van der Waals surface area (Å²) >= 11 is 1.56. The Kier molecular flexibility index (Phi) is 2.97. The second-order valence-electron chi connectivity index (χ2n) is 3.91. The van der Waals surface area contributed by atoms with E-state index in [0.29, 0.717) is 0 Å². The Labute approximate surface area is 100 Å². The molecule has 2 rings (SSSR count). The van der Waals surface area contributed by atoms with Gasteiger partial charge in [-0.2, -0.15) is 0 Å². The molecule has 0 unspecified atom stereocenters. The Bertz CT molecular complexity index is 365. The van der Waals surface area contributed by atoms with Crippen LogP contribution in [0, 0.1) is 0 Å². The number of allylic oxidation sites excluding steroid dienone is 8. The van der Waals surface area contributed by atoms with Gasteiger partial charge >= 0.3 is 101 Å². The molecule has 0 atom stereocenters. The quantitative estimate of drug-likeness (QED) is 0.716. The van der Waals surface area contributed by atoms with Crippen LogP contribution in [-0.4, -0.2) is 3.21 Å². The first kappa shape index (κ1) is 10.2. The Hall–Kier alpha value is -0.287. The van der Waals surface area contributed by atoms with Gasteiger partial charge in [-0.05, 0) is 0 Å². The van der Waals surface area contributed by atoms with Crippen molar-refractivity contribution < 1.29 is 24.2 Å². The van der Waals surface area contributed by atoms with E-state index in [0.717, 1.165) is 12.8 Å². The van der Waals surface area contributed by atoms with Gasteiger partial charge in [0.1, 0.15) is 0 Å². The van der Waals surface area contributed by atoms with Gasteiger partial charge in [-0.15, -0.1) is 0 Å². The second kappa shape index (κ2) is 4.07. The van der Waals surface area contributed by atoms with Gasteiger partial charge in [-0.1, -0.05) is 0 Å². The maximum atomic E-state index is 2.27. The summed E-state index contributed by atoms with van der Waals surface area (Å²) in [5.41, 5.74) is 6.07. The van der Waals surface area contributed by atoms with Crippen LogP contribution in [0.1, 0.15) is 26.7 Å². The van der Waals surface area contributed by atoms with Gasteiger partial charge in [-0.3, -0.25) is 0 Å². The molecule has 0 spiro atoms. The van der Waals surface area contributed by atoms with E-state index in [1.807, 2.05) is 0 Å². The van der Waals surface area contributed by atoms with E-state index < -0.39 is 0 Å². The molecule has 0 fully saturated rings. The fourth-order valence-corrected chi connectivity index (χ4v) is 3.48. The first-order chi connectivity index (χ1) is 6.70. The molecule has 70 valence electrons. The fourth-order valence-electron chi connectivity index (χ4n) is 2.01. The molecule has 0 heterocycles. The summed E-state index contributed by atoms with van der Waals surface area (Å²) in [7, 11) is 0. The molecule has 0 saturated heterocycles. The molecule has 0 aromatic carbocycles. The van der Waals surface area contributed by atoms with Crippen LogP contribution in [0.5, 0.6) is 0 Å².